The molecule has 1 saturated carbocycles. The summed E-state index contributed by atoms with van der Waals surface area (Å²) in [6, 6.07) is -0.230. The van der Waals surface area contributed by atoms with Gasteiger partial charge in [-0.2, -0.15) is 0 Å². The number of nitrogens with one attached hydrogen (secondary N) is 1. The van der Waals surface area contributed by atoms with Crippen LogP contribution in [0.5, 0.6) is 0 Å². The Labute approximate surface area is 124 Å². The van der Waals surface area contributed by atoms with Gasteiger partial charge in [0.15, 0.2) is 0 Å². The zero-order valence-electron chi connectivity index (χ0n) is 12.2. The SMILES string of the molecule is CS(=O)(=O)N1CCCC(NC(=O)CC2(C(=O)O)CCC2)C1. The molecule has 2 rings (SSSR count). The van der Waals surface area contributed by atoms with E-state index in [1.807, 2.05) is 0 Å². The average molecular weight is 318 g/mol. The molecule has 1 amide bonds. The Kier molecular flexibility index (Phi) is 4.57. The molecule has 0 bridgehead atoms. The molecule has 21 heavy (non-hydrogen) atoms. The van der Waals surface area contributed by atoms with Crippen LogP contribution >= 0.6 is 0 Å². The summed E-state index contributed by atoms with van der Waals surface area (Å²) in [5.74, 6) is -1.21. The highest BCUT2D eigenvalue weighted by atomic mass is 32.2. The number of carbonyl (C=O) groups is 2. The fraction of sp³-hybridized carbons (Fsp3) is 0.846. The second kappa shape index (κ2) is 5.92. The van der Waals surface area contributed by atoms with Gasteiger partial charge in [0, 0.05) is 25.6 Å². The van der Waals surface area contributed by atoms with Gasteiger partial charge in [0.2, 0.25) is 15.9 Å². The van der Waals surface area contributed by atoms with Gasteiger partial charge >= 0.3 is 5.97 Å². The Balaban J connectivity index is 1.89. The van der Waals surface area contributed by atoms with E-state index in [0.717, 1.165) is 19.1 Å². The van der Waals surface area contributed by atoms with Gasteiger partial charge in [-0.15, -0.1) is 0 Å². The molecular formula is C13H22N2O5S. The summed E-state index contributed by atoms with van der Waals surface area (Å²) in [4.78, 5) is 23.3. The smallest absolute Gasteiger partial charge is 0.310 e. The van der Waals surface area contributed by atoms with Crippen molar-refractivity contribution >= 4 is 21.9 Å². The minimum absolute atomic E-state index is 0.0162. The normalized spacial score (nSPS) is 25.9. The van der Waals surface area contributed by atoms with E-state index in [2.05, 4.69) is 5.32 Å². The summed E-state index contributed by atoms with van der Waals surface area (Å²) in [5, 5.41) is 12.0. The van der Waals surface area contributed by atoms with Crippen molar-refractivity contribution in [2.45, 2.75) is 44.6 Å². The monoisotopic (exact) mass is 318 g/mol. The predicted molar refractivity (Wildman–Crippen MR) is 76.1 cm³/mol. The molecule has 1 atom stereocenters. The number of hydrogen-bond acceptors (Lipinski definition) is 4. The largest absolute Gasteiger partial charge is 0.481 e. The Morgan fingerprint density at radius 1 is 1.33 bits per heavy atom. The van der Waals surface area contributed by atoms with Crippen LogP contribution in [0.25, 0.3) is 0 Å². The van der Waals surface area contributed by atoms with Gasteiger partial charge in [0.05, 0.1) is 11.7 Å². The third-order valence-electron chi connectivity index (χ3n) is 4.48. The van der Waals surface area contributed by atoms with Crippen LogP contribution in [-0.2, 0) is 19.6 Å². The molecule has 1 saturated heterocycles. The Morgan fingerprint density at radius 2 is 2.00 bits per heavy atom. The fourth-order valence-electron chi connectivity index (χ4n) is 3.02. The first-order valence-corrected chi connectivity index (χ1v) is 9.06. The average Bonchev–Trinajstić information content (AvgIpc) is 2.32. The number of carboxylic acid groups (broad SMARTS) is 1. The second-order valence-corrected chi connectivity index (χ2v) is 8.13. The van der Waals surface area contributed by atoms with Crippen molar-refractivity contribution in [3.8, 4) is 0 Å². The molecule has 0 aromatic carbocycles. The molecule has 0 spiro atoms. The van der Waals surface area contributed by atoms with Gasteiger partial charge in [0.25, 0.3) is 0 Å². The minimum atomic E-state index is -3.25. The third kappa shape index (κ3) is 3.74. The molecule has 2 fully saturated rings. The van der Waals surface area contributed by atoms with Crippen molar-refractivity contribution in [3.63, 3.8) is 0 Å². The third-order valence-corrected chi connectivity index (χ3v) is 5.75. The zero-order valence-corrected chi connectivity index (χ0v) is 13.0. The van der Waals surface area contributed by atoms with Crippen LogP contribution < -0.4 is 5.32 Å². The Bertz CT molecular complexity index is 527. The van der Waals surface area contributed by atoms with Crippen LogP contribution in [0.3, 0.4) is 0 Å². The van der Waals surface area contributed by atoms with E-state index in [4.69, 9.17) is 0 Å². The van der Waals surface area contributed by atoms with E-state index in [-0.39, 0.29) is 24.9 Å². The van der Waals surface area contributed by atoms with Crippen molar-refractivity contribution in [1.29, 1.82) is 0 Å². The number of piperidine rings is 1. The summed E-state index contributed by atoms with van der Waals surface area (Å²) in [7, 11) is -3.25. The summed E-state index contributed by atoms with van der Waals surface area (Å²) in [6.45, 7) is 0.745. The Hall–Kier alpha value is -1.15. The van der Waals surface area contributed by atoms with Crippen molar-refractivity contribution in [2.75, 3.05) is 19.3 Å². The van der Waals surface area contributed by atoms with Crippen molar-refractivity contribution in [2.24, 2.45) is 5.41 Å². The molecule has 1 aliphatic heterocycles. The summed E-state index contributed by atoms with van der Waals surface area (Å²) >= 11 is 0. The van der Waals surface area contributed by atoms with Gasteiger partial charge in [-0.25, -0.2) is 12.7 Å². The molecule has 1 aliphatic carbocycles. The summed E-state index contributed by atoms with van der Waals surface area (Å²) in [5.41, 5.74) is -0.907. The van der Waals surface area contributed by atoms with E-state index in [1.165, 1.54) is 4.31 Å². The second-order valence-electron chi connectivity index (χ2n) is 6.14. The van der Waals surface area contributed by atoms with Crippen molar-refractivity contribution in [3.05, 3.63) is 0 Å². The molecule has 7 nitrogen and oxygen atoms in total. The van der Waals surface area contributed by atoms with Crippen LogP contribution in [0, 0.1) is 5.41 Å². The van der Waals surface area contributed by atoms with Gasteiger partial charge in [0.1, 0.15) is 0 Å². The van der Waals surface area contributed by atoms with Crippen molar-refractivity contribution < 1.29 is 23.1 Å². The van der Waals surface area contributed by atoms with Crippen LogP contribution in [0.4, 0.5) is 0 Å². The number of rotatable bonds is 5. The van der Waals surface area contributed by atoms with E-state index in [1.54, 1.807) is 0 Å². The molecule has 1 unspecified atom stereocenters. The quantitative estimate of drug-likeness (QED) is 0.752. The molecule has 0 radical (unpaired) electrons. The standard InChI is InChI=1S/C13H22N2O5S/c1-21(19,20)15-7-2-4-10(9-15)14-11(16)8-13(12(17)18)5-3-6-13/h10H,2-9H2,1H3,(H,14,16)(H,17,18). The highest BCUT2D eigenvalue weighted by Gasteiger charge is 2.46. The van der Waals surface area contributed by atoms with Crippen LogP contribution in [-0.4, -0.2) is 55.1 Å². The number of carboxylic acids is 1. The van der Waals surface area contributed by atoms with Gasteiger partial charge in [-0.1, -0.05) is 6.42 Å². The molecule has 2 aliphatic rings. The maximum Gasteiger partial charge on any atom is 0.310 e. The Morgan fingerprint density at radius 3 is 2.48 bits per heavy atom. The lowest BCUT2D eigenvalue weighted by Crippen LogP contribution is -2.51. The highest BCUT2D eigenvalue weighted by molar-refractivity contribution is 7.88. The number of aliphatic carboxylic acids is 1. The van der Waals surface area contributed by atoms with Gasteiger partial charge in [-0.05, 0) is 25.7 Å². The molecular weight excluding hydrogens is 296 g/mol. The summed E-state index contributed by atoms with van der Waals surface area (Å²) < 4.78 is 24.4. The number of amides is 1. The highest BCUT2D eigenvalue weighted by Crippen LogP contribution is 2.44. The molecule has 0 aromatic rings. The van der Waals surface area contributed by atoms with Gasteiger partial charge < -0.3 is 10.4 Å². The van der Waals surface area contributed by atoms with Crippen LogP contribution in [0.2, 0.25) is 0 Å². The lowest BCUT2D eigenvalue weighted by molar-refractivity contribution is -0.157. The number of nitrogens with zero attached hydrogens (tertiary/aromatic N) is 1. The first-order chi connectivity index (χ1) is 9.73. The lowest BCUT2D eigenvalue weighted by atomic mass is 9.66. The molecule has 1 heterocycles. The summed E-state index contributed by atoms with van der Waals surface area (Å²) in [6.07, 6.45) is 4.47. The van der Waals surface area contributed by atoms with Gasteiger partial charge in [-0.3, -0.25) is 9.59 Å². The van der Waals surface area contributed by atoms with E-state index >= 15 is 0 Å². The number of carbonyl (C=O) groups excluding carboxylic acids is 1. The maximum atomic E-state index is 12.0. The van der Waals surface area contributed by atoms with Crippen molar-refractivity contribution in [1.82, 2.24) is 9.62 Å². The molecule has 2 N–H and O–H groups in total. The minimum Gasteiger partial charge on any atom is -0.481 e. The van der Waals surface area contributed by atoms with Crippen LogP contribution in [0.1, 0.15) is 38.5 Å². The van der Waals surface area contributed by atoms with Crippen LogP contribution in [0.15, 0.2) is 0 Å². The first kappa shape index (κ1) is 16.2. The molecule has 0 aromatic heterocycles. The topological polar surface area (TPSA) is 104 Å². The zero-order chi connectivity index (χ0) is 15.7. The van der Waals surface area contributed by atoms with E-state index in [9.17, 15) is 23.1 Å². The fourth-order valence-corrected chi connectivity index (χ4v) is 3.93. The maximum absolute atomic E-state index is 12.0. The van der Waals surface area contributed by atoms with E-state index in [0.29, 0.717) is 25.8 Å². The molecule has 8 heteroatoms. The lowest BCUT2D eigenvalue weighted by Gasteiger charge is -2.38. The van der Waals surface area contributed by atoms with E-state index < -0.39 is 21.4 Å². The first-order valence-electron chi connectivity index (χ1n) is 7.21. The molecule has 120 valence electrons. The predicted octanol–water partition coefficient (Wildman–Crippen LogP) is 0.172. The number of sulfonamides is 1. The number of hydrogen-bond donors (Lipinski definition) is 2.